The summed E-state index contributed by atoms with van der Waals surface area (Å²) in [5, 5.41) is 13.3. The van der Waals surface area contributed by atoms with E-state index in [4.69, 9.17) is 5.73 Å². The maximum Gasteiger partial charge on any atom is 0.234 e. The van der Waals surface area contributed by atoms with Gasteiger partial charge in [-0.05, 0) is 12.5 Å². The highest BCUT2D eigenvalue weighted by molar-refractivity contribution is 7.16. The fraction of sp³-hybridized carbons (Fsp3) is 0.182. The topological polar surface area (TPSA) is 69.1 Å². The number of rotatable bonds is 2. The quantitative estimate of drug-likeness (QED) is 0.743. The molecule has 3 rings (SSSR count). The normalized spacial score (nSPS) is 13.1. The molecule has 2 heterocycles. The minimum Gasteiger partial charge on any atom is -0.318 e. The monoisotopic (exact) mass is 245 g/mol. The van der Waals surface area contributed by atoms with E-state index in [0.29, 0.717) is 0 Å². The molecule has 0 aliphatic rings. The van der Waals surface area contributed by atoms with Gasteiger partial charge in [-0.2, -0.15) is 9.61 Å². The molecule has 17 heavy (non-hydrogen) atoms. The van der Waals surface area contributed by atoms with E-state index in [2.05, 4.69) is 15.3 Å². The molecule has 0 fully saturated rings. The molecule has 2 aromatic heterocycles. The minimum absolute atomic E-state index is 0.206. The lowest BCUT2D eigenvalue weighted by Crippen LogP contribution is -2.11. The van der Waals surface area contributed by atoms with Crippen molar-refractivity contribution in [1.82, 2.24) is 19.8 Å². The first-order valence-electron chi connectivity index (χ1n) is 5.25. The van der Waals surface area contributed by atoms with Crippen LogP contribution in [0.15, 0.2) is 30.3 Å². The molecular weight excluding hydrogens is 234 g/mol. The summed E-state index contributed by atoms with van der Waals surface area (Å²) >= 11 is 1.47. The third kappa shape index (κ3) is 1.71. The smallest absolute Gasteiger partial charge is 0.234 e. The van der Waals surface area contributed by atoms with Crippen molar-refractivity contribution in [2.75, 3.05) is 0 Å². The molecule has 6 heteroatoms. The number of aromatic nitrogens is 4. The van der Waals surface area contributed by atoms with Gasteiger partial charge < -0.3 is 5.73 Å². The first-order valence-corrected chi connectivity index (χ1v) is 6.06. The van der Waals surface area contributed by atoms with Gasteiger partial charge in [-0.15, -0.1) is 10.2 Å². The second-order valence-corrected chi connectivity index (χ2v) is 4.76. The molecule has 86 valence electrons. The van der Waals surface area contributed by atoms with Gasteiger partial charge in [0.2, 0.25) is 4.96 Å². The van der Waals surface area contributed by atoms with Crippen LogP contribution in [0.2, 0.25) is 0 Å². The second kappa shape index (κ2) is 3.90. The van der Waals surface area contributed by atoms with Crippen LogP contribution in [0.1, 0.15) is 22.4 Å². The molecule has 0 saturated carbocycles. The Bertz CT molecular complexity index is 642. The fourth-order valence-electron chi connectivity index (χ4n) is 1.66. The number of hydrogen-bond acceptors (Lipinski definition) is 5. The molecule has 1 aromatic carbocycles. The molecule has 5 nitrogen and oxygen atoms in total. The SMILES string of the molecule is Cc1nnc2sc(C(N)c3ccccc3)nn12. The molecule has 0 bridgehead atoms. The van der Waals surface area contributed by atoms with Crippen LogP contribution in [0, 0.1) is 6.92 Å². The lowest BCUT2D eigenvalue weighted by Gasteiger charge is -2.07. The Hall–Kier alpha value is -1.79. The molecule has 0 saturated heterocycles. The van der Waals surface area contributed by atoms with Gasteiger partial charge in [0.15, 0.2) is 5.82 Å². The Morgan fingerprint density at radius 3 is 2.71 bits per heavy atom. The van der Waals surface area contributed by atoms with Gasteiger partial charge in [0.25, 0.3) is 0 Å². The van der Waals surface area contributed by atoms with Gasteiger partial charge in [-0.3, -0.25) is 0 Å². The van der Waals surface area contributed by atoms with Crippen molar-refractivity contribution in [3.63, 3.8) is 0 Å². The van der Waals surface area contributed by atoms with Gasteiger partial charge in [-0.1, -0.05) is 41.7 Å². The van der Waals surface area contributed by atoms with Crippen molar-refractivity contribution in [1.29, 1.82) is 0 Å². The molecule has 0 aliphatic carbocycles. The molecule has 2 N–H and O–H groups in total. The molecule has 0 aliphatic heterocycles. The molecule has 0 radical (unpaired) electrons. The number of fused-ring (bicyclic) bond motifs is 1. The van der Waals surface area contributed by atoms with E-state index in [1.54, 1.807) is 4.52 Å². The summed E-state index contributed by atoms with van der Waals surface area (Å²) < 4.78 is 1.72. The average Bonchev–Trinajstić information content (AvgIpc) is 2.92. The van der Waals surface area contributed by atoms with Crippen LogP contribution in [0.5, 0.6) is 0 Å². The van der Waals surface area contributed by atoms with Crippen LogP contribution < -0.4 is 5.73 Å². The largest absolute Gasteiger partial charge is 0.318 e. The first-order chi connectivity index (χ1) is 8.25. The van der Waals surface area contributed by atoms with E-state index in [9.17, 15) is 0 Å². The highest BCUT2D eigenvalue weighted by atomic mass is 32.1. The van der Waals surface area contributed by atoms with Crippen molar-refractivity contribution in [3.8, 4) is 0 Å². The van der Waals surface area contributed by atoms with Gasteiger partial charge in [0, 0.05) is 0 Å². The molecular formula is C11H11N5S. The van der Waals surface area contributed by atoms with Crippen molar-refractivity contribution in [2.24, 2.45) is 5.73 Å². The van der Waals surface area contributed by atoms with Gasteiger partial charge in [0.1, 0.15) is 5.01 Å². The molecule has 1 unspecified atom stereocenters. The maximum absolute atomic E-state index is 6.18. The van der Waals surface area contributed by atoms with Crippen LogP contribution in [0.4, 0.5) is 0 Å². The maximum atomic E-state index is 6.18. The highest BCUT2D eigenvalue weighted by Crippen LogP contribution is 2.23. The second-order valence-electron chi connectivity index (χ2n) is 3.77. The van der Waals surface area contributed by atoms with E-state index < -0.39 is 0 Å². The zero-order chi connectivity index (χ0) is 11.8. The van der Waals surface area contributed by atoms with Gasteiger partial charge >= 0.3 is 0 Å². The summed E-state index contributed by atoms with van der Waals surface area (Å²) in [5.41, 5.74) is 7.23. The van der Waals surface area contributed by atoms with E-state index in [0.717, 1.165) is 21.4 Å². The van der Waals surface area contributed by atoms with Crippen molar-refractivity contribution < 1.29 is 0 Å². The van der Waals surface area contributed by atoms with Gasteiger partial charge in [-0.25, -0.2) is 0 Å². The number of hydrogen-bond donors (Lipinski definition) is 1. The Labute approximate surface area is 102 Å². The lowest BCUT2D eigenvalue weighted by atomic mass is 10.1. The fourth-order valence-corrected chi connectivity index (χ4v) is 2.57. The number of aryl methyl sites for hydroxylation is 1. The van der Waals surface area contributed by atoms with E-state index in [1.807, 2.05) is 37.3 Å². The molecule has 0 amide bonds. The van der Waals surface area contributed by atoms with E-state index in [1.165, 1.54) is 11.3 Å². The van der Waals surface area contributed by atoms with Crippen LogP contribution in [-0.2, 0) is 0 Å². The predicted molar refractivity (Wildman–Crippen MR) is 65.9 cm³/mol. The van der Waals surface area contributed by atoms with Crippen LogP contribution >= 0.6 is 11.3 Å². The van der Waals surface area contributed by atoms with Crippen LogP contribution in [-0.4, -0.2) is 19.8 Å². The third-order valence-corrected chi connectivity index (χ3v) is 3.57. The summed E-state index contributed by atoms with van der Waals surface area (Å²) in [4.78, 5) is 0.781. The molecule has 1 atom stereocenters. The Balaban J connectivity index is 2.04. The third-order valence-electron chi connectivity index (χ3n) is 2.59. The summed E-state index contributed by atoms with van der Waals surface area (Å²) in [6, 6.07) is 9.71. The summed E-state index contributed by atoms with van der Waals surface area (Å²) in [5.74, 6) is 0.780. The average molecular weight is 245 g/mol. The first kappa shape index (κ1) is 10.4. The summed E-state index contributed by atoms with van der Waals surface area (Å²) in [6.45, 7) is 1.87. The standard InChI is InChI=1S/C11H11N5S/c1-7-13-14-11-16(7)15-10(17-11)9(12)8-5-3-2-4-6-8/h2-6,9H,12H2,1H3. The zero-order valence-corrected chi connectivity index (χ0v) is 10.1. The van der Waals surface area contributed by atoms with Crippen molar-refractivity contribution in [2.45, 2.75) is 13.0 Å². The zero-order valence-electron chi connectivity index (χ0n) is 9.24. The highest BCUT2D eigenvalue weighted by Gasteiger charge is 2.16. The number of benzene rings is 1. The van der Waals surface area contributed by atoms with E-state index >= 15 is 0 Å². The Morgan fingerprint density at radius 2 is 2.00 bits per heavy atom. The molecule has 3 aromatic rings. The Morgan fingerprint density at radius 1 is 1.24 bits per heavy atom. The minimum atomic E-state index is -0.206. The van der Waals surface area contributed by atoms with Crippen LogP contribution in [0.3, 0.4) is 0 Å². The van der Waals surface area contributed by atoms with Crippen LogP contribution in [0.25, 0.3) is 4.96 Å². The predicted octanol–water partition coefficient (Wildman–Crippen LogP) is 1.54. The number of nitrogens with zero attached hydrogens (tertiary/aromatic N) is 4. The van der Waals surface area contributed by atoms with Crippen molar-refractivity contribution in [3.05, 3.63) is 46.7 Å². The lowest BCUT2D eigenvalue weighted by molar-refractivity contribution is 0.789. The molecule has 0 spiro atoms. The summed E-state index contributed by atoms with van der Waals surface area (Å²) in [6.07, 6.45) is 0. The number of nitrogens with two attached hydrogens (primary N) is 1. The van der Waals surface area contributed by atoms with E-state index in [-0.39, 0.29) is 6.04 Å². The van der Waals surface area contributed by atoms with Gasteiger partial charge in [0.05, 0.1) is 6.04 Å². The Kier molecular flexibility index (Phi) is 2.38. The van der Waals surface area contributed by atoms with Crippen molar-refractivity contribution >= 4 is 16.3 Å². The summed E-state index contributed by atoms with van der Waals surface area (Å²) in [7, 11) is 0.